The van der Waals surface area contributed by atoms with Gasteiger partial charge in [-0.25, -0.2) is 0 Å². The van der Waals surface area contributed by atoms with Crippen LogP contribution in [0, 0.1) is 11.8 Å². The number of hydrogen-bond acceptors (Lipinski definition) is 1. The summed E-state index contributed by atoms with van der Waals surface area (Å²) in [5.41, 5.74) is 2.36. The third kappa shape index (κ3) is 8.17. The summed E-state index contributed by atoms with van der Waals surface area (Å²) in [6.45, 7) is 18.4. The van der Waals surface area contributed by atoms with E-state index in [1.807, 2.05) is 26.1 Å². The molecule has 0 fully saturated rings. The molecule has 0 aliphatic rings. The third-order valence-electron chi connectivity index (χ3n) is 2.16. The number of hydrogen-bond donors (Lipinski definition) is 0. The van der Waals surface area contributed by atoms with Gasteiger partial charge in [-0.2, -0.15) is 0 Å². The lowest BCUT2D eigenvalue weighted by atomic mass is 10.1. The van der Waals surface area contributed by atoms with Crippen molar-refractivity contribution in [3.05, 3.63) is 24.4 Å². The smallest absolute Gasteiger partial charge is 0.0301 e. The standard InChI is InChI=1S/C12H21N.C2H6/c1-7-12(10(4)5)8-13-11(6)9(2)3;1-2/h7-10H,1H2,2-6H3;1-2H3/b12-8+,13-11?;. The Balaban J connectivity index is 0. The SMILES string of the molecule is C=C/C(=C\N=C(C)C(C)C)C(C)C.CC. The molecule has 0 heterocycles. The average Bonchev–Trinajstić information content (AvgIpc) is 2.20. The molecule has 0 amide bonds. The van der Waals surface area contributed by atoms with Crippen LogP contribution in [0.4, 0.5) is 0 Å². The van der Waals surface area contributed by atoms with E-state index in [9.17, 15) is 0 Å². The van der Waals surface area contributed by atoms with Gasteiger partial charge in [0.05, 0.1) is 0 Å². The molecule has 0 spiro atoms. The minimum Gasteiger partial charge on any atom is -0.265 e. The molecule has 0 rings (SSSR count). The molecule has 0 saturated carbocycles. The van der Waals surface area contributed by atoms with E-state index < -0.39 is 0 Å². The first kappa shape index (κ1) is 16.6. The van der Waals surface area contributed by atoms with Crippen molar-refractivity contribution in [2.75, 3.05) is 0 Å². The maximum atomic E-state index is 4.40. The minimum absolute atomic E-state index is 0.501. The van der Waals surface area contributed by atoms with Crippen molar-refractivity contribution in [3.8, 4) is 0 Å². The molecule has 0 aromatic rings. The molecule has 1 heteroatoms. The van der Waals surface area contributed by atoms with Gasteiger partial charge in [0, 0.05) is 11.9 Å². The quantitative estimate of drug-likeness (QED) is 0.463. The number of rotatable bonds is 4. The van der Waals surface area contributed by atoms with Gasteiger partial charge in [-0.05, 0) is 24.3 Å². The Kier molecular flexibility index (Phi) is 10.7. The first-order valence-corrected chi connectivity index (χ1v) is 5.85. The van der Waals surface area contributed by atoms with Crippen LogP contribution < -0.4 is 0 Å². The zero-order valence-electron chi connectivity index (χ0n) is 11.5. The second kappa shape index (κ2) is 9.70. The van der Waals surface area contributed by atoms with E-state index in [-0.39, 0.29) is 0 Å². The van der Waals surface area contributed by atoms with Crippen LogP contribution in [0.15, 0.2) is 29.4 Å². The van der Waals surface area contributed by atoms with Gasteiger partial charge < -0.3 is 0 Å². The molecule has 0 saturated heterocycles. The summed E-state index contributed by atoms with van der Waals surface area (Å²) >= 11 is 0. The average molecular weight is 209 g/mol. The molecule has 0 bridgehead atoms. The van der Waals surface area contributed by atoms with E-state index >= 15 is 0 Å². The molecule has 1 nitrogen and oxygen atoms in total. The summed E-state index contributed by atoms with van der Waals surface area (Å²) in [5.74, 6) is 1.02. The van der Waals surface area contributed by atoms with E-state index in [1.165, 1.54) is 11.3 Å². The van der Waals surface area contributed by atoms with Crippen LogP contribution in [0.5, 0.6) is 0 Å². The minimum atomic E-state index is 0.501. The van der Waals surface area contributed by atoms with Crippen LogP contribution in [0.2, 0.25) is 0 Å². The van der Waals surface area contributed by atoms with Gasteiger partial charge in [-0.1, -0.05) is 54.2 Å². The molecule has 15 heavy (non-hydrogen) atoms. The molecule has 0 atom stereocenters. The van der Waals surface area contributed by atoms with Gasteiger partial charge in [0.1, 0.15) is 0 Å². The molecular weight excluding hydrogens is 182 g/mol. The van der Waals surface area contributed by atoms with Crippen molar-refractivity contribution in [1.82, 2.24) is 0 Å². The highest BCUT2D eigenvalue weighted by Gasteiger charge is 1.98. The van der Waals surface area contributed by atoms with E-state index in [0.717, 1.165) is 0 Å². The monoisotopic (exact) mass is 209 g/mol. The fourth-order valence-electron chi connectivity index (χ4n) is 0.763. The van der Waals surface area contributed by atoms with Crippen LogP contribution in [-0.2, 0) is 0 Å². The summed E-state index contributed by atoms with van der Waals surface area (Å²) in [4.78, 5) is 4.40. The van der Waals surface area contributed by atoms with Crippen LogP contribution >= 0.6 is 0 Å². The maximum absolute atomic E-state index is 4.40. The number of nitrogens with zero attached hydrogens (tertiary/aromatic N) is 1. The summed E-state index contributed by atoms with van der Waals surface area (Å²) in [6, 6.07) is 0. The largest absolute Gasteiger partial charge is 0.265 e. The second-order valence-electron chi connectivity index (χ2n) is 3.91. The molecule has 0 aliphatic carbocycles. The molecule has 88 valence electrons. The van der Waals surface area contributed by atoms with E-state index in [2.05, 4.69) is 46.2 Å². The number of aliphatic imine (C=N–C) groups is 1. The Labute approximate surface area is 96.0 Å². The Hall–Kier alpha value is -0.850. The van der Waals surface area contributed by atoms with Gasteiger partial charge >= 0.3 is 0 Å². The van der Waals surface area contributed by atoms with Gasteiger partial charge in [0.2, 0.25) is 0 Å². The number of allylic oxidation sites excluding steroid dienone is 2. The third-order valence-corrected chi connectivity index (χ3v) is 2.16. The highest BCUT2D eigenvalue weighted by atomic mass is 14.7. The summed E-state index contributed by atoms with van der Waals surface area (Å²) < 4.78 is 0. The topological polar surface area (TPSA) is 12.4 Å². The van der Waals surface area contributed by atoms with Crippen LogP contribution in [0.1, 0.15) is 48.5 Å². The molecule has 0 radical (unpaired) electrons. The molecule has 0 aromatic carbocycles. The Morgan fingerprint density at radius 3 is 1.80 bits per heavy atom. The predicted molar refractivity (Wildman–Crippen MR) is 72.4 cm³/mol. The van der Waals surface area contributed by atoms with Crippen LogP contribution in [-0.4, -0.2) is 5.71 Å². The first-order chi connectivity index (χ1) is 6.99. The van der Waals surface area contributed by atoms with E-state index in [0.29, 0.717) is 11.8 Å². The van der Waals surface area contributed by atoms with Gasteiger partial charge in [0.25, 0.3) is 0 Å². The fraction of sp³-hybridized carbons (Fsp3) is 0.643. The van der Waals surface area contributed by atoms with Crippen molar-refractivity contribution in [3.63, 3.8) is 0 Å². The Bertz CT molecular complexity index is 219. The summed E-state index contributed by atoms with van der Waals surface area (Å²) in [7, 11) is 0. The zero-order valence-corrected chi connectivity index (χ0v) is 11.5. The Morgan fingerprint density at radius 1 is 1.07 bits per heavy atom. The van der Waals surface area contributed by atoms with Gasteiger partial charge in [-0.3, -0.25) is 4.99 Å². The second-order valence-corrected chi connectivity index (χ2v) is 3.91. The highest BCUT2D eigenvalue weighted by Crippen LogP contribution is 2.10. The van der Waals surface area contributed by atoms with Crippen molar-refractivity contribution < 1.29 is 0 Å². The maximum Gasteiger partial charge on any atom is 0.0301 e. The van der Waals surface area contributed by atoms with Crippen molar-refractivity contribution in [2.45, 2.75) is 48.5 Å². The normalized spacial score (nSPS) is 12.6. The molecule has 0 aliphatic heterocycles. The first-order valence-electron chi connectivity index (χ1n) is 5.85. The van der Waals surface area contributed by atoms with E-state index in [1.54, 1.807) is 0 Å². The van der Waals surface area contributed by atoms with Gasteiger partial charge in [0.15, 0.2) is 0 Å². The summed E-state index contributed by atoms with van der Waals surface area (Å²) in [6.07, 6.45) is 3.80. The molecule has 0 unspecified atom stereocenters. The predicted octanol–water partition coefficient (Wildman–Crippen LogP) is 4.86. The summed E-state index contributed by atoms with van der Waals surface area (Å²) in [5, 5.41) is 0. The van der Waals surface area contributed by atoms with Crippen LogP contribution in [0.25, 0.3) is 0 Å². The highest BCUT2D eigenvalue weighted by molar-refractivity contribution is 5.84. The zero-order chi connectivity index (χ0) is 12.4. The fourth-order valence-corrected chi connectivity index (χ4v) is 0.763. The lowest BCUT2D eigenvalue weighted by Gasteiger charge is -2.05. The molecular formula is C14H27N. The van der Waals surface area contributed by atoms with Crippen molar-refractivity contribution in [1.29, 1.82) is 0 Å². The molecule has 0 aromatic heterocycles. The van der Waals surface area contributed by atoms with Crippen molar-refractivity contribution in [2.24, 2.45) is 16.8 Å². The lowest BCUT2D eigenvalue weighted by Crippen LogP contribution is -2.00. The van der Waals surface area contributed by atoms with E-state index in [4.69, 9.17) is 0 Å². The Morgan fingerprint density at radius 2 is 1.53 bits per heavy atom. The van der Waals surface area contributed by atoms with Gasteiger partial charge in [-0.15, -0.1) is 0 Å². The molecule has 0 N–H and O–H groups in total. The van der Waals surface area contributed by atoms with Crippen molar-refractivity contribution >= 4 is 5.71 Å². The van der Waals surface area contributed by atoms with Crippen LogP contribution in [0.3, 0.4) is 0 Å². The lowest BCUT2D eigenvalue weighted by molar-refractivity contribution is 0.788.